The highest BCUT2D eigenvalue weighted by molar-refractivity contribution is 8.05. The molecule has 2 fully saturated rings. The molecule has 1 atom stereocenters. The fourth-order valence-electron chi connectivity index (χ4n) is 5.27. The Morgan fingerprint density at radius 1 is 1.05 bits per heavy atom. The third kappa shape index (κ3) is 4.40. The molecular formula is C30H28N4O2S2. The summed E-state index contributed by atoms with van der Waals surface area (Å²) in [6, 6.07) is 21.2. The quantitative estimate of drug-likeness (QED) is 0.268. The molecule has 0 radical (unpaired) electrons. The summed E-state index contributed by atoms with van der Waals surface area (Å²) in [7, 11) is 0. The number of fused-ring (bicyclic) bond motifs is 2. The van der Waals surface area contributed by atoms with Crippen LogP contribution < -0.4 is 15.8 Å². The van der Waals surface area contributed by atoms with Crippen LogP contribution in [0.4, 0.5) is 11.4 Å². The Hall–Kier alpha value is -3.20. The van der Waals surface area contributed by atoms with Gasteiger partial charge in [0.2, 0.25) is 0 Å². The summed E-state index contributed by atoms with van der Waals surface area (Å²) in [5.41, 5.74) is 5.22. The van der Waals surface area contributed by atoms with Crippen molar-refractivity contribution in [3.8, 4) is 0 Å². The van der Waals surface area contributed by atoms with Crippen LogP contribution in [0.1, 0.15) is 35.8 Å². The van der Waals surface area contributed by atoms with Crippen LogP contribution in [-0.2, 0) is 10.3 Å². The first-order valence-corrected chi connectivity index (χ1v) is 14.6. The van der Waals surface area contributed by atoms with Gasteiger partial charge in [0.25, 0.3) is 5.56 Å². The predicted molar refractivity (Wildman–Crippen MR) is 153 cm³/mol. The molecule has 0 spiro atoms. The van der Waals surface area contributed by atoms with E-state index >= 15 is 0 Å². The van der Waals surface area contributed by atoms with E-state index < -0.39 is 0 Å². The second-order valence-electron chi connectivity index (χ2n) is 10.2. The number of aromatic nitrogens is 2. The zero-order valence-corrected chi connectivity index (χ0v) is 22.7. The van der Waals surface area contributed by atoms with E-state index in [-0.39, 0.29) is 17.2 Å². The fourth-order valence-corrected chi connectivity index (χ4v) is 7.72. The van der Waals surface area contributed by atoms with E-state index in [0.29, 0.717) is 25.4 Å². The molecule has 1 unspecified atom stereocenters. The number of anilines is 2. The van der Waals surface area contributed by atoms with Crippen molar-refractivity contribution < 1.29 is 4.74 Å². The van der Waals surface area contributed by atoms with E-state index in [1.54, 1.807) is 6.20 Å². The van der Waals surface area contributed by atoms with Gasteiger partial charge in [0.05, 0.1) is 17.8 Å². The van der Waals surface area contributed by atoms with Gasteiger partial charge in [-0.1, -0.05) is 41.7 Å². The van der Waals surface area contributed by atoms with Gasteiger partial charge in [0, 0.05) is 50.8 Å². The number of hydrogen-bond acceptors (Lipinski definition) is 7. The van der Waals surface area contributed by atoms with E-state index in [1.165, 1.54) is 30.7 Å². The summed E-state index contributed by atoms with van der Waals surface area (Å²) in [5, 5.41) is 3.79. The first-order valence-electron chi connectivity index (χ1n) is 13.0. The molecule has 2 aliphatic heterocycles. The average Bonchev–Trinajstić information content (AvgIpc) is 3.72. The van der Waals surface area contributed by atoms with Crippen molar-refractivity contribution in [2.45, 2.75) is 51.0 Å². The van der Waals surface area contributed by atoms with Gasteiger partial charge in [-0.25, -0.2) is 0 Å². The van der Waals surface area contributed by atoms with Crippen molar-refractivity contribution >= 4 is 34.9 Å². The van der Waals surface area contributed by atoms with Crippen molar-refractivity contribution in [2.75, 3.05) is 29.9 Å². The van der Waals surface area contributed by atoms with Crippen LogP contribution in [0.15, 0.2) is 97.4 Å². The molecular weight excluding hydrogens is 512 g/mol. The van der Waals surface area contributed by atoms with Crippen LogP contribution in [0.3, 0.4) is 0 Å². The number of nitrogens with one attached hydrogen (secondary N) is 2. The largest absolute Gasteiger partial charge is 0.374 e. The summed E-state index contributed by atoms with van der Waals surface area (Å²) >= 11 is 3.63. The van der Waals surface area contributed by atoms with E-state index in [1.807, 2.05) is 41.9 Å². The molecule has 4 heterocycles. The highest BCUT2D eigenvalue weighted by Gasteiger charge is 2.45. The molecule has 1 aliphatic carbocycles. The molecule has 2 aromatic heterocycles. The third-order valence-corrected chi connectivity index (χ3v) is 10.1. The topological polar surface area (TPSA) is 70.2 Å². The molecule has 4 aromatic rings. The van der Waals surface area contributed by atoms with Gasteiger partial charge >= 0.3 is 0 Å². The first kappa shape index (κ1) is 23.9. The second-order valence-corrected chi connectivity index (χ2v) is 12.3. The Kier molecular flexibility index (Phi) is 5.98. The second kappa shape index (κ2) is 9.52. The van der Waals surface area contributed by atoms with Crippen molar-refractivity contribution in [2.24, 2.45) is 0 Å². The molecule has 192 valence electrons. The van der Waals surface area contributed by atoms with Gasteiger partial charge in [0.1, 0.15) is 11.8 Å². The smallest absolute Gasteiger partial charge is 0.271 e. The molecule has 0 amide bonds. The summed E-state index contributed by atoms with van der Waals surface area (Å²) in [4.78, 5) is 27.0. The van der Waals surface area contributed by atoms with Crippen LogP contribution in [0.5, 0.6) is 0 Å². The molecule has 1 saturated carbocycles. The summed E-state index contributed by atoms with van der Waals surface area (Å²) in [6.07, 6.45) is 5.74. The number of nitrogens with zero attached hydrogens (tertiary/aromatic N) is 2. The van der Waals surface area contributed by atoms with E-state index in [0.717, 1.165) is 24.2 Å². The molecule has 6 nitrogen and oxygen atoms in total. The van der Waals surface area contributed by atoms with Crippen molar-refractivity contribution in [1.82, 2.24) is 9.97 Å². The highest BCUT2D eigenvalue weighted by Crippen LogP contribution is 2.53. The SMILES string of the molecule is Cc1ccc(C2(Nc3ccc4c(c3)Sc3cccc(C5CN(c6ccc[nH]c6=O)CCO5)c3S4)CC2)nc1. The Bertz CT molecular complexity index is 1570. The zero-order chi connectivity index (χ0) is 25.7. The minimum atomic E-state index is -0.0920. The lowest BCUT2D eigenvalue weighted by molar-refractivity contribution is 0.0378. The molecule has 2 N–H and O–H groups in total. The number of morpholine rings is 1. The predicted octanol–water partition coefficient (Wildman–Crippen LogP) is 6.37. The lowest BCUT2D eigenvalue weighted by Crippen LogP contribution is -2.41. The minimum absolute atomic E-state index is 0.0514. The third-order valence-electron chi connectivity index (χ3n) is 7.47. The Labute approximate surface area is 230 Å². The van der Waals surface area contributed by atoms with Gasteiger partial charge in [-0.05, 0) is 73.4 Å². The maximum Gasteiger partial charge on any atom is 0.271 e. The molecule has 8 heteroatoms. The molecule has 1 saturated heterocycles. The number of benzene rings is 2. The number of rotatable bonds is 5. The number of aromatic amines is 1. The summed E-state index contributed by atoms with van der Waals surface area (Å²) in [6.45, 7) is 4.02. The molecule has 3 aliphatic rings. The maximum atomic E-state index is 12.4. The standard InChI is InChI=1S/C30H28N4O2S2/c1-19-7-10-27(32-17-19)30(11-12-30)33-20-8-9-24-26(16-20)37-25-6-2-4-21(28(25)38-24)23-18-34(14-15-36-23)22-5-3-13-31-29(22)35/h2-10,13,16-17,23,33H,11-12,14-15,18H2,1H3,(H,31,35). The summed E-state index contributed by atoms with van der Waals surface area (Å²) < 4.78 is 6.25. The first-order chi connectivity index (χ1) is 18.6. The average molecular weight is 541 g/mol. The van der Waals surface area contributed by atoms with Crippen LogP contribution in [0.25, 0.3) is 0 Å². The highest BCUT2D eigenvalue weighted by atomic mass is 32.2. The van der Waals surface area contributed by atoms with Gasteiger partial charge in [0.15, 0.2) is 0 Å². The van der Waals surface area contributed by atoms with E-state index in [9.17, 15) is 4.79 Å². The normalized spacial score (nSPS) is 19.4. The van der Waals surface area contributed by atoms with Crippen LogP contribution >= 0.6 is 23.5 Å². The van der Waals surface area contributed by atoms with Gasteiger partial charge in [-0.2, -0.15) is 0 Å². The minimum Gasteiger partial charge on any atom is -0.374 e. The van der Waals surface area contributed by atoms with Crippen LogP contribution in [-0.4, -0.2) is 29.7 Å². The molecule has 7 rings (SSSR count). The van der Waals surface area contributed by atoms with Crippen molar-refractivity contribution in [3.63, 3.8) is 0 Å². The Morgan fingerprint density at radius 2 is 1.97 bits per heavy atom. The van der Waals surface area contributed by atoms with Gasteiger partial charge in [-0.15, -0.1) is 0 Å². The molecule has 38 heavy (non-hydrogen) atoms. The number of pyridine rings is 2. The van der Waals surface area contributed by atoms with E-state index in [4.69, 9.17) is 9.72 Å². The van der Waals surface area contributed by atoms with Gasteiger partial charge in [-0.3, -0.25) is 9.78 Å². The number of ether oxygens (including phenoxy) is 1. The lowest BCUT2D eigenvalue weighted by Gasteiger charge is -2.35. The molecule has 2 aromatic carbocycles. The number of H-pyrrole nitrogens is 1. The van der Waals surface area contributed by atoms with Crippen molar-refractivity contribution in [3.05, 3.63) is 100 Å². The molecule has 0 bridgehead atoms. The van der Waals surface area contributed by atoms with Gasteiger partial charge < -0.3 is 19.9 Å². The Balaban J connectivity index is 1.12. The fraction of sp³-hybridized carbons (Fsp3) is 0.267. The lowest BCUT2D eigenvalue weighted by atomic mass is 10.1. The Morgan fingerprint density at radius 3 is 2.79 bits per heavy atom. The monoisotopic (exact) mass is 540 g/mol. The summed E-state index contributed by atoms with van der Waals surface area (Å²) in [5.74, 6) is 0. The maximum absolute atomic E-state index is 12.4. The van der Waals surface area contributed by atoms with Crippen LogP contribution in [0.2, 0.25) is 0 Å². The zero-order valence-electron chi connectivity index (χ0n) is 21.1. The number of aryl methyl sites for hydroxylation is 1. The van der Waals surface area contributed by atoms with E-state index in [2.05, 4.69) is 70.7 Å². The van der Waals surface area contributed by atoms with Crippen molar-refractivity contribution in [1.29, 1.82) is 0 Å². The van der Waals surface area contributed by atoms with Crippen LogP contribution in [0, 0.1) is 6.92 Å². The number of hydrogen-bond donors (Lipinski definition) is 2.